The minimum Gasteiger partial charge on any atom is -0.507 e. The van der Waals surface area contributed by atoms with Gasteiger partial charge in [0.1, 0.15) is 5.75 Å². The predicted molar refractivity (Wildman–Crippen MR) is 49.1 cm³/mol. The number of nitrogens with zero attached hydrogens (tertiary/aromatic N) is 1. The van der Waals surface area contributed by atoms with E-state index in [1.165, 1.54) is 6.07 Å². The van der Waals surface area contributed by atoms with Crippen LogP contribution in [0.25, 0.3) is 10.8 Å². The van der Waals surface area contributed by atoms with Gasteiger partial charge in [-0.1, -0.05) is 6.07 Å². The Morgan fingerprint density at radius 3 is 2.40 bits per heavy atom. The van der Waals surface area contributed by atoms with E-state index in [9.17, 15) is 19.9 Å². The molecule has 15 heavy (non-hydrogen) atoms. The molecule has 0 fully saturated rings. The topological polar surface area (TPSA) is 77.8 Å². The van der Waals surface area contributed by atoms with E-state index in [1.807, 2.05) is 0 Å². The molecule has 5 heteroatoms. The highest BCUT2D eigenvalue weighted by Crippen LogP contribution is 2.37. The highest BCUT2D eigenvalue weighted by molar-refractivity contribution is 6.28. The number of phenols is 2. The second kappa shape index (κ2) is 2.26. The van der Waals surface area contributed by atoms with Gasteiger partial charge in [0.15, 0.2) is 0 Å². The zero-order valence-corrected chi connectivity index (χ0v) is 7.39. The molecule has 2 amide bonds. The van der Waals surface area contributed by atoms with Gasteiger partial charge in [-0.3, -0.25) is 14.8 Å². The van der Waals surface area contributed by atoms with E-state index in [0.29, 0.717) is 5.39 Å². The third-order valence-electron chi connectivity index (χ3n) is 2.62. The number of hydroxylamine groups is 2. The van der Waals surface area contributed by atoms with E-state index in [-0.39, 0.29) is 27.3 Å². The molecule has 3 aromatic carbocycles. The third kappa shape index (κ3) is 0.764. The second-order valence-electron chi connectivity index (χ2n) is 3.40. The molecule has 1 heterocycles. The molecule has 4 rings (SSSR count). The fourth-order valence-electron chi connectivity index (χ4n) is 1.93. The number of carbonyl (C=O) groups is 2. The average Bonchev–Trinajstić information content (AvgIpc) is 2.46. The van der Waals surface area contributed by atoms with Crippen molar-refractivity contribution < 1.29 is 19.9 Å². The predicted octanol–water partition coefficient (Wildman–Crippen LogP) is 0.968. The van der Waals surface area contributed by atoms with Crippen LogP contribution in [0.15, 0.2) is 18.2 Å². The molecule has 0 saturated heterocycles. The Labute approximate surface area is 83.4 Å². The van der Waals surface area contributed by atoms with Crippen LogP contribution in [-0.4, -0.2) is 27.2 Å². The molecule has 0 aromatic heterocycles. The summed E-state index contributed by atoms with van der Waals surface area (Å²) in [4.78, 5) is 22.9. The zero-order chi connectivity index (χ0) is 10.7. The van der Waals surface area contributed by atoms with Gasteiger partial charge < -0.3 is 5.11 Å². The molecular formula is C10H5NO4. The normalized spacial score (nSPS) is 15.4. The Kier molecular flexibility index (Phi) is 1.24. The SMILES string of the molecule is O=C1c2c(c3ccc2cc3O)C(=O)N1O. The maximum absolute atomic E-state index is 11.5. The first-order valence-corrected chi connectivity index (χ1v) is 4.27. The van der Waals surface area contributed by atoms with E-state index in [4.69, 9.17) is 0 Å². The van der Waals surface area contributed by atoms with Crippen molar-refractivity contribution in [2.24, 2.45) is 0 Å². The number of imide groups is 1. The first-order valence-electron chi connectivity index (χ1n) is 4.27. The molecule has 0 saturated carbocycles. The van der Waals surface area contributed by atoms with Crippen LogP contribution in [0.4, 0.5) is 0 Å². The summed E-state index contributed by atoms with van der Waals surface area (Å²) >= 11 is 0. The number of benzene rings is 3. The summed E-state index contributed by atoms with van der Waals surface area (Å²) in [6.07, 6.45) is 0. The lowest BCUT2D eigenvalue weighted by Gasteiger charge is -2.06. The molecule has 2 bridgehead atoms. The van der Waals surface area contributed by atoms with E-state index in [0.717, 1.165) is 0 Å². The molecule has 0 aliphatic carbocycles. The van der Waals surface area contributed by atoms with Crippen LogP contribution in [0, 0.1) is 0 Å². The largest absolute Gasteiger partial charge is 0.507 e. The molecule has 0 atom stereocenters. The monoisotopic (exact) mass is 203 g/mol. The van der Waals surface area contributed by atoms with E-state index >= 15 is 0 Å². The van der Waals surface area contributed by atoms with Gasteiger partial charge in [0.25, 0.3) is 11.8 Å². The molecule has 5 nitrogen and oxygen atoms in total. The van der Waals surface area contributed by atoms with Crippen molar-refractivity contribution in [2.75, 3.05) is 0 Å². The van der Waals surface area contributed by atoms with Crippen molar-refractivity contribution in [3.05, 3.63) is 29.3 Å². The van der Waals surface area contributed by atoms with Gasteiger partial charge in [-0.05, 0) is 17.5 Å². The van der Waals surface area contributed by atoms with Crippen molar-refractivity contribution in [3.63, 3.8) is 0 Å². The lowest BCUT2D eigenvalue weighted by Crippen LogP contribution is -2.25. The average molecular weight is 203 g/mol. The molecule has 3 aromatic rings. The Morgan fingerprint density at radius 2 is 1.73 bits per heavy atom. The Balaban J connectivity index is 2.51. The quantitative estimate of drug-likeness (QED) is 0.494. The lowest BCUT2D eigenvalue weighted by atomic mass is 9.97. The standard InChI is InChI=1S/C10H5NO4/c12-6-3-4-1-2-5(6)8-7(4)9(13)11(15)10(8)14/h1-3,12,15H. The first-order chi connectivity index (χ1) is 7.11. The fraction of sp³-hybridized carbons (Fsp3) is 0. The van der Waals surface area contributed by atoms with Crippen LogP contribution in [0.3, 0.4) is 0 Å². The van der Waals surface area contributed by atoms with Crippen LogP contribution in [0.5, 0.6) is 5.75 Å². The summed E-state index contributed by atoms with van der Waals surface area (Å²) in [7, 11) is 0. The number of hydrogen-bond donors (Lipinski definition) is 2. The molecule has 0 unspecified atom stereocenters. The molecule has 0 radical (unpaired) electrons. The van der Waals surface area contributed by atoms with Gasteiger partial charge >= 0.3 is 0 Å². The Morgan fingerprint density at radius 1 is 1.07 bits per heavy atom. The maximum atomic E-state index is 11.5. The lowest BCUT2D eigenvalue weighted by molar-refractivity contribution is -0.0325. The van der Waals surface area contributed by atoms with Crippen LogP contribution >= 0.6 is 0 Å². The van der Waals surface area contributed by atoms with Gasteiger partial charge in [0.05, 0.1) is 11.1 Å². The van der Waals surface area contributed by atoms with E-state index < -0.39 is 11.8 Å². The van der Waals surface area contributed by atoms with Crippen molar-refractivity contribution in [2.45, 2.75) is 0 Å². The fourth-order valence-corrected chi connectivity index (χ4v) is 1.93. The highest BCUT2D eigenvalue weighted by atomic mass is 16.5. The summed E-state index contributed by atoms with van der Waals surface area (Å²) in [5.74, 6) is -1.58. The second-order valence-corrected chi connectivity index (χ2v) is 3.40. The van der Waals surface area contributed by atoms with Crippen molar-refractivity contribution in [1.82, 2.24) is 5.06 Å². The third-order valence-corrected chi connectivity index (χ3v) is 2.62. The number of hydrogen-bond acceptors (Lipinski definition) is 4. The number of amides is 2. The van der Waals surface area contributed by atoms with E-state index in [2.05, 4.69) is 0 Å². The number of rotatable bonds is 0. The zero-order valence-electron chi connectivity index (χ0n) is 7.39. The van der Waals surface area contributed by atoms with Crippen LogP contribution in [0.1, 0.15) is 20.7 Å². The Bertz CT molecular complexity index is 604. The molecule has 1 aliphatic rings. The summed E-state index contributed by atoms with van der Waals surface area (Å²) in [6, 6.07) is 4.57. The van der Waals surface area contributed by atoms with Crippen LogP contribution < -0.4 is 0 Å². The molecule has 74 valence electrons. The van der Waals surface area contributed by atoms with Crippen LogP contribution in [-0.2, 0) is 0 Å². The van der Waals surface area contributed by atoms with Gasteiger partial charge in [0, 0.05) is 5.39 Å². The van der Waals surface area contributed by atoms with E-state index in [1.54, 1.807) is 12.1 Å². The smallest absolute Gasteiger partial charge is 0.286 e. The number of fused-ring (bicyclic) bond motifs is 2. The van der Waals surface area contributed by atoms with Crippen molar-refractivity contribution in [1.29, 1.82) is 0 Å². The highest BCUT2D eigenvalue weighted by Gasteiger charge is 2.38. The number of phenolic OH excluding ortho intramolecular Hbond substituents is 1. The minimum atomic E-state index is -0.786. The van der Waals surface area contributed by atoms with Gasteiger partial charge in [-0.25, -0.2) is 0 Å². The number of aromatic hydroxyl groups is 1. The van der Waals surface area contributed by atoms with Crippen molar-refractivity contribution >= 4 is 22.6 Å². The van der Waals surface area contributed by atoms with Gasteiger partial charge in [0.2, 0.25) is 0 Å². The van der Waals surface area contributed by atoms with Gasteiger partial charge in [-0.15, -0.1) is 5.06 Å². The molecular weight excluding hydrogens is 198 g/mol. The first kappa shape index (κ1) is 8.19. The summed E-state index contributed by atoms with van der Waals surface area (Å²) in [5.41, 5.74) is 0.248. The molecule has 1 aliphatic heterocycles. The summed E-state index contributed by atoms with van der Waals surface area (Å²) in [5, 5.41) is 19.5. The Hall–Kier alpha value is -2.14. The summed E-state index contributed by atoms with van der Waals surface area (Å²) in [6.45, 7) is 0. The van der Waals surface area contributed by atoms with Gasteiger partial charge in [-0.2, -0.15) is 0 Å². The number of carbonyl (C=O) groups excluding carboxylic acids is 2. The summed E-state index contributed by atoms with van der Waals surface area (Å²) < 4.78 is 0. The van der Waals surface area contributed by atoms with Crippen molar-refractivity contribution in [3.8, 4) is 5.75 Å². The molecule has 2 N–H and O–H groups in total. The molecule has 0 spiro atoms. The van der Waals surface area contributed by atoms with Crippen LogP contribution in [0.2, 0.25) is 0 Å². The minimum absolute atomic E-state index is 0.0531. The maximum Gasteiger partial charge on any atom is 0.286 e.